The zero-order valence-corrected chi connectivity index (χ0v) is 13.0. The molecule has 114 valence electrons. The van der Waals surface area contributed by atoms with E-state index >= 15 is 0 Å². The normalized spacial score (nSPS) is 11.9. The number of hydrogen-bond donors (Lipinski definition) is 2. The van der Waals surface area contributed by atoms with Gasteiger partial charge in [-0.2, -0.15) is 0 Å². The minimum Gasteiger partial charge on any atom is -0.366 e. The lowest BCUT2D eigenvalue weighted by atomic mass is 10.0. The monoisotopic (exact) mass is 300 g/mol. The Morgan fingerprint density at radius 2 is 1.90 bits per heavy atom. The van der Waals surface area contributed by atoms with E-state index in [9.17, 15) is 13.2 Å². The van der Waals surface area contributed by atoms with Gasteiger partial charge >= 0.3 is 0 Å². The smallest absolute Gasteiger partial charge is 0.245 e. The van der Waals surface area contributed by atoms with Crippen LogP contribution in [0, 0.1) is 5.92 Å². The number of sulfonamides is 1. The Morgan fingerprint density at radius 3 is 2.55 bits per heavy atom. The van der Waals surface area contributed by atoms with Crippen molar-refractivity contribution in [3.8, 4) is 0 Å². The third-order valence-electron chi connectivity index (χ3n) is 3.08. The number of unbranched alkanes of at least 4 members (excludes halogenated alkanes) is 3. The van der Waals surface area contributed by atoms with Crippen LogP contribution in [-0.2, 0) is 10.0 Å². The van der Waals surface area contributed by atoms with E-state index in [1.807, 2.05) is 0 Å². The summed E-state index contributed by atoms with van der Waals surface area (Å²) in [5.41, 5.74) is -0.492. The number of hydrogen-bond acceptors (Lipinski definition) is 3. The van der Waals surface area contributed by atoms with Crippen molar-refractivity contribution in [3.05, 3.63) is 28.7 Å². The van der Waals surface area contributed by atoms with Crippen LogP contribution in [0.1, 0.15) is 46.0 Å². The van der Waals surface area contributed by atoms with E-state index in [0.717, 1.165) is 25.2 Å². The molecular formula is C14H24N2O3S. The predicted octanol–water partition coefficient (Wildman–Crippen LogP) is 2.26. The molecule has 1 aromatic heterocycles. The molecule has 0 spiro atoms. The number of rotatable bonds is 9. The third-order valence-corrected chi connectivity index (χ3v) is 4.56. The maximum Gasteiger partial charge on any atom is 0.245 e. The summed E-state index contributed by atoms with van der Waals surface area (Å²) in [6.45, 7) is 4.77. The van der Waals surface area contributed by atoms with E-state index < -0.39 is 15.5 Å². The molecule has 2 N–H and O–H groups in total. The van der Waals surface area contributed by atoms with Gasteiger partial charge < -0.3 is 4.98 Å². The van der Waals surface area contributed by atoms with Crippen LogP contribution in [0.25, 0.3) is 0 Å². The molecule has 0 fully saturated rings. The lowest BCUT2D eigenvalue weighted by Crippen LogP contribution is -2.29. The summed E-state index contributed by atoms with van der Waals surface area (Å²) in [6.07, 6.45) is 7.94. The van der Waals surface area contributed by atoms with E-state index in [-0.39, 0.29) is 4.90 Å². The van der Waals surface area contributed by atoms with Gasteiger partial charge in [0.05, 0.1) is 0 Å². The van der Waals surface area contributed by atoms with Crippen LogP contribution in [0.3, 0.4) is 0 Å². The molecule has 1 heterocycles. The summed E-state index contributed by atoms with van der Waals surface area (Å²) in [5.74, 6) is 0.721. The average molecular weight is 300 g/mol. The molecule has 0 saturated carbocycles. The van der Waals surface area contributed by atoms with Crippen molar-refractivity contribution in [2.24, 2.45) is 5.92 Å². The molecule has 0 aliphatic heterocycles. The molecule has 0 atom stereocenters. The number of aromatic nitrogens is 1. The quantitative estimate of drug-likeness (QED) is 0.687. The Labute approximate surface area is 120 Å². The maximum atomic E-state index is 11.9. The lowest BCUT2D eigenvalue weighted by molar-refractivity contribution is 0.517. The second-order valence-corrected chi connectivity index (χ2v) is 7.10. The Balaban J connectivity index is 2.31. The van der Waals surface area contributed by atoms with Crippen molar-refractivity contribution in [2.75, 3.05) is 6.54 Å². The first-order chi connectivity index (χ1) is 9.43. The fraction of sp³-hybridized carbons (Fsp3) is 0.643. The predicted molar refractivity (Wildman–Crippen MR) is 80.2 cm³/mol. The minimum absolute atomic E-state index is 0.222. The van der Waals surface area contributed by atoms with Gasteiger partial charge in [-0.3, -0.25) is 4.79 Å². The first-order valence-corrected chi connectivity index (χ1v) is 8.58. The molecule has 0 amide bonds. The summed E-state index contributed by atoms with van der Waals surface area (Å²) < 4.78 is 26.3. The molecule has 0 aliphatic rings. The lowest BCUT2D eigenvalue weighted by Gasteiger charge is -2.06. The second-order valence-electron chi connectivity index (χ2n) is 5.37. The molecule has 0 saturated heterocycles. The van der Waals surface area contributed by atoms with Crippen molar-refractivity contribution in [1.29, 1.82) is 0 Å². The van der Waals surface area contributed by atoms with Crippen molar-refractivity contribution in [2.45, 2.75) is 50.8 Å². The van der Waals surface area contributed by atoms with Crippen LogP contribution in [0.2, 0.25) is 0 Å². The van der Waals surface area contributed by atoms with Crippen LogP contribution in [-0.4, -0.2) is 19.9 Å². The Kier molecular flexibility index (Phi) is 6.95. The Hall–Kier alpha value is -1.14. The molecule has 6 heteroatoms. The van der Waals surface area contributed by atoms with Gasteiger partial charge in [0.25, 0.3) is 0 Å². The van der Waals surface area contributed by atoms with E-state index in [0.29, 0.717) is 6.54 Å². The van der Waals surface area contributed by atoms with Gasteiger partial charge in [-0.05, 0) is 12.3 Å². The second kappa shape index (κ2) is 8.21. The molecule has 0 aliphatic carbocycles. The van der Waals surface area contributed by atoms with Crippen LogP contribution < -0.4 is 10.2 Å². The van der Waals surface area contributed by atoms with Gasteiger partial charge in [-0.25, -0.2) is 13.1 Å². The van der Waals surface area contributed by atoms with Gasteiger partial charge in [-0.1, -0.05) is 39.5 Å². The molecule has 0 bridgehead atoms. The average Bonchev–Trinajstić information content (AvgIpc) is 2.37. The van der Waals surface area contributed by atoms with Gasteiger partial charge in [0.15, 0.2) is 0 Å². The van der Waals surface area contributed by atoms with Gasteiger partial charge in [0.2, 0.25) is 15.5 Å². The fourth-order valence-corrected chi connectivity index (χ4v) is 3.05. The van der Waals surface area contributed by atoms with Crippen molar-refractivity contribution in [3.63, 3.8) is 0 Å². The minimum atomic E-state index is -3.69. The highest BCUT2D eigenvalue weighted by Crippen LogP contribution is 2.09. The van der Waals surface area contributed by atoms with Crippen LogP contribution in [0.15, 0.2) is 28.2 Å². The molecule has 0 unspecified atom stereocenters. The third kappa shape index (κ3) is 5.88. The molecule has 5 nitrogen and oxygen atoms in total. The summed E-state index contributed by atoms with van der Waals surface area (Å²) in [5, 5.41) is 0. The summed E-state index contributed by atoms with van der Waals surface area (Å²) in [6, 6.07) is 1.21. The standard InChI is InChI=1S/C14H24N2O3S/c1-12(2)7-5-3-4-6-9-16-20(18,19)14-11-15-10-8-13(14)17/h8,10-12,16H,3-7,9H2,1-2H3,(H,15,17). The molecular weight excluding hydrogens is 276 g/mol. The molecule has 1 rings (SSSR count). The van der Waals surface area contributed by atoms with Crippen molar-refractivity contribution < 1.29 is 8.42 Å². The largest absolute Gasteiger partial charge is 0.366 e. The summed E-state index contributed by atoms with van der Waals surface area (Å²) in [7, 11) is -3.69. The number of H-pyrrole nitrogens is 1. The van der Waals surface area contributed by atoms with E-state index in [1.165, 1.54) is 31.3 Å². The van der Waals surface area contributed by atoms with Crippen LogP contribution in [0.4, 0.5) is 0 Å². The Bertz CT molecular complexity index is 550. The van der Waals surface area contributed by atoms with Gasteiger partial charge in [-0.15, -0.1) is 0 Å². The fourth-order valence-electron chi connectivity index (χ4n) is 1.93. The van der Waals surface area contributed by atoms with Crippen LogP contribution in [0.5, 0.6) is 0 Å². The number of nitrogens with one attached hydrogen (secondary N) is 2. The highest BCUT2D eigenvalue weighted by Gasteiger charge is 2.16. The zero-order valence-electron chi connectivity index (χ0n) is 12.2. The van der Waals surface area contributed by atoms with Gasteiger partial charge in [0.1, 0.15) is 4.90 Å². The number of aromatic amines is 1. The topological polar surface area (TPSA) is 79.0 Å². The molecule has 0 aromatic carbocycles. The number of pyridine rings is 1. The molecule has 1 aromatic rings. The molecule has 20 heavy (non-hydrogen) atoms. The van der Waals surface area contributed by atoms with E-state index in [2.05, 4.69) is 23.6 Å². The van der Waals surface area contributed by atoms with E-state index in [4.69, 9.17) is 0 Å². The summed E-state index contributed by atoms with van der Waals surface area (Å²) >= 11 is 0. The van der Waals surface area contributed by atoms with E-state index in [1.54, 1.807) is 0 Å². The molecule has 0 radical (unpaired) electrons. The SMILES string of the molecule is CC(C)CCCCCCNS(=O)(=O)c1c[nH]ccc1=O. The zero-order chi connectivity index (χ0) is 15.0. The highest BCUT2D eigenvalue weighted by molar-refractivity contribution is 7.89. The summed E-state index contributed by atoms with van der Waals surface area (Å²) in [4.78, 5) is 13.9. The maximum absolute atomic E-state index is 11.9. The Morgan fingerprint density at radius 1 is 1.20 bits per heavy atom. The highest BCUT2D eigenvalue weighted by atomic mass is 32.2. The van der Waals surface area contributed by atoms with Crippen molar-refractivity contribution in [1.82, 2.24) is 9.71 Å². The van der Waals surface area contributed by atoms with Crippen molar-refractivity contribution >= 4 is 10.0 Å². The van der Waals surface area contributed by atoms with Crippen LogP contribution >= 0.6 is 0 Å². The first-order valence-electron chi connectivity index (χ1n) is 7.10. The first kappa shape index (κ1) is 16.9. The van der Waals surface area contributed by atoms with Gasteiger partial charge in [0, 0.05) is 25.0 Å².